The molecule has 0 unspecified atom stereocenters. The number of rotatable bonds is 5. The Balaban J connectivity index is 2.48. The van der Waals surface area contributed by atoms with Gasteiger partial charge < -0.3 is 14.6 Å². The minimum atomic E-state index is -1.09. The highest BCUT2D eigenvalue weighted by atomic mass is 16.3. The Morgan fingerprint density at radius 1 is 1.29 bits per heavy atom. The number of aromatic nitrogens is 2. The van der Waals surface area contributed by atoms with Crippen LogP contribution in [0.15, 0.2) is 24.3 Å². The van der Waals surface area contributed by atoms with Gasteiger partial charge in [-0.1, -0.05) is 12.1 Å². The van der Waals surface area contributed by atoms with E-state index in [1.54, 1.807) is 18.7 Å². The van der Waals surface area contributed by atoms with Crippen LogP contribution in [-0.4, -0.2) is 38.6 Å². The Morgan fingerprint density at radius 2 is 1.90 bits per heavy atom. The zero-order valence-electron chi connectivity index (χ0n) is 13.1. The highest BCUT2D eigenvalue weighted by Crippen LogP contribution is 2.24. The van der Waals surface area contributed by atoms with Crippen molar-refractivity contribution in [2.24, 2.45) is 0 Å². The molecule has 0 atom stereocenters. The van der Waals surface area contributed by atoms with Crippen LogP contribution in [0.5, 0.6) is 0 Å². The number of aliphatic hydroxyl groups is 1. The molecule has 2 rings (SSSR count). The van der Waals surface area contributed by atoms with Crippen molar-refractivity contribution in [3.8, 4) is 0 Å². The SMILES string of the molecule is CCN(CC)C(=O)Cn1c(C(C)(C)O)nc2ccccc21. The third-order valence-electron chi connectivity index (χ3n) is 3.61. The fourth-order valence-corrected chi connectivity index (χ4v) is 2.51. The summed E-state index contributed by atoms with van der Waals surface area (Å²) in [6.45, 7) is 8.86. The van der Waals surface area contributed by atoms with Crippen molar-refractivity contribution in [1.29, 1.82) is 0 Å². The Kier molecular flexibility index (Phi) is 4.32. The third kappa shape index (κ3) is 3.08. The molecule has 0 fully saturated rings. The van der Waals surface area contributed by atoms with Crippen molar-refractivity contribution >= 4 is 16.9 Å². The lowest BCUT2D eigenvalue weighted by Crippen LogP contribution is -2.35. The van der Waals surface area contributed by atoms with Crippen LogP contribution in [0.4, 0.5) is 0 Å². The maximum absolute atomic E-state index is 12.4. The number of hydrogen-bond acceptors (Lipinski definition) is 3. The zero-order chi connectivity index (χ0) is 15.6. The molecule has 0 spiro atoms. The molecule has 1 aromatic carbocycles. The molecule has 5 nitrogen and oxygen atoms in total. The Bertz CT molecular complexity index is 636. The lowest BCUT2D eigenvalue weighted by atomic mass is 10.1. The molecule has 1 N–H and O–H groups in total. The summed E-state index contributed by atoms with van der Waals surface area (Å²) >= 11 is 0. The second-order valence-electron chi connectivity index (χ2n) is 5.64. The largest absolute Gasteiger partial charge is 0.383 e. The molecule has 1 aromatic heterocycles. The van der Waals surface area contributed by atoms with Crippen molar-refractivity contribution in [3.05, 3.63) is 30.1 Å². The molecule has 0 radical (unpaired) electrons. The number of imidazole rings is 1. The van der Waals surface area contributed by atoms with Crippen molar-refractivity contribution in [2.75, 3.05) is 13.1 Å². The molecule has 0 aliphatic carbocycles. The minimum absolute atomic E-state index is 0.0358. The number of carbonyl (C=O) groups is 1. The smallest absolute Gasteiger partial charge is 0.242 e. The second-order valence-corrected chi connectivity index (χ2v) is 5.64. The average molecular weight is 289 g/mol. The molecule has 21 heavy (non-hydrogen) atoms. The summed E-state index contributed by atoms with van der Waals surface area (Å²) in [5, 5.41) is 10.3. The molecular weight excluding hydrogens is 266 g/mol. The van der Waals surface area contributed by atoms with Gasteiger partial charge in [0.05, 0.1) is 11.0 Å². The van der Waals surface area contributed by atoms with E-state index in [-0.39, 0.29) is 12.5 Å². The van der Waals surface area contributed by atoms with Crippen molar-refractivity contribution < 1.29 is 9.90 Å². The molecule has 0 aliphatic rings. The third-order valence-corrected chi connectivity index (χ3v) is 3.61. The number of likely N-dealkylation sites (N-methyl/N-ethyl adjacent to an activating group) is 1. The fraction of sp³-hybridized carbons (Fsp3) is 0.500. The van der Waals surface area contributed by atoms with E-state index in [9.17, 15) is 9.90 Å². The summed E-state index contributed by atoms with van der Waals surface area (Å²) in [5.41, 5.74) is 0.569. The first-order valence-corrected chi connectivity index (χ1v) is 7.34. The molecule has 0 aliphatic heterocycles. The molecular formula is C16H23N3O2. The van der Waals surface area contributed by atoms with Crippen LogP contribution >= 0.6 is 0 Å². The summed E-state index contributed by atoms with van der Waals surface area (Å²) in [7, 11) is 0. The van der Waals surface area contributed by atoms with Gasteiger partial charge in [0.1, 0.15) is 18.0 Å². The number of carbonyl (C=O) groups excluding carboxylic acids is 1. The summed E-state index contributed by atoms with van der Waals surface area (Å²) in [6, 6.07) is 7.63. The van der Waals surface area contributed by atoms with Gasteiger partial charge in [-0.3, -0.25) is 4.79 Å². The lowest BCUT2D eigenvalue weighted by Gasteiger charge is -2.22. The highest BCUT2D eigenvalue weighted by molar-refractivity contribution is 5.81. The molecule has 1 amide bonds. The van der Waals surface area contributed by atoms with Gasteiger partial charge in [0.15, 0.2) is 0 Å². The predicted molar refractivity (Wildman–Crippen MR) is 82.9 cm³/mol. The first kappa shape index (κ1) is 15.5. The molecule has 2 aromatic rings. The van der Waals surface area contributed by atoms with Crippen LogP contribution in [0.2, 0.25) is 0 Å². The zero-order valence-corrected chi connectivity index (χ0v) is 13.1. The topological polar surface area (TPSA) is 58.4 Å². The molecule has 1 heterocycles. The quantitative estimate of drug-likeness (QED) is 0.917. The van der Waals surface area contributed by atoms with Gasteiger partial charge in [0, 0.05) is 13.1 Å². The van der Waals surface area contributed by atoms with E-state index in [2.05, 4.69) is 4.98 Å². The van der Waals surface area contributed by atoms with Crippen LogP contribution in [-0.2, 0) is 16.9 Å². The average Bonchev–Trinajstić information content (AvgIpc) is 2.79. The van der Waals surface area contributed by atoms with Crippen molar-refractivity contribution in [3.63, 3.8) is 0 Å². The van der Waals surface area contributed by atoms with Gasteiger partial charge in [0.25, 0.3) is 0 Å². The van der Waals surface area contributed by atoms with E-state index in [0.29, 0.717) is 18.9 Å². The van der Waals surface area contributed by atoms with Crippen molar-refractivity contribution in [1.82, 2.24) is 14.5 Å². The van der Waals surface area contributed by atoms with E-state index >= 15 is 0 Å². The van der Waals surface area contributed by atoms with Crippen LogP contribution in [0, 0.1) is 0 Å². The summed E-state index contributed by atoms with van der Waals surface area (Å²) in [6.07, 6.45) is 0. The Hall–Kier alpha value is -1.88. The van der Waals surface area contributed by atoms with Gasteiger partial charge in [-0.2, -0.15) is 0 Å². The molecule has 0 bridgehead atoms. The lowest BCUT2D eigenvalue weighted by molar-refractivity contribution is -0.131. The summed E-state index contributed by atoms with van der Waals surface area (Å²) in [5.74, 6) is 0.554. The second kappa shape index (κ2) is 5.85. The first-order chi connectivity index (χ1) is 9.88. The maximum Gasteiger partial charge on any atom is 0.242 e. The van der Waals surface area contributed by atoms with Crippen molar-refractivity contribution in [2.45, 2.75) is 39.8 Å². The maximum atomic E-state index is 12.4. The van der Waals surface area contributed by atoms with Gasteiger partial charge in [-0.05, 0) is 39.8 Å². The predicted octanol–water partition coefficient (Wildman–Crippen LogP) is 2.13. The normalized spacial score (nSPS) is 11.9. The monoisotopic (exact) mass is 289 g/mol. The number of hydrogen-bond donors (Lipinski definition) is 1. The van der Waals surface area contributed by atoms with Gasteiger partial charge in [-0.15, -0.1) is 0 Å². The minimum Gasteiger partial charge on any atom is -0.383 e. The molecule has 114 valence electrons. The van der Waals surface area contributed by atoms with Gasteiger partial charge >= 0.3 is 0 Å². The molecule has 5 heteroatoms. The highest BCUT2D eigenvalue weighted by Gasteiger charge is 2.26. The first-order valence-electron chi connectivity index (χ1n) is 7.34. The molecule has 0 saturated carbocycles. The summed E-state index contributed by atoms with van der Waals surface area (Å²) < 4.78 is 1.82. The van der Waals surface area contributed by atoms with E-state index < -0.39 is 5.60 Å². The Morgan fingerprint density at radius 3 is 2.48 bits per heavy atom. The van der Waals surface area contributed by atoms with E-state index in [1.807, 2.05) is 42.7 Å². The summed E-state index contributed by atoms with van der Waals surface area (Å²) in [4.78, 5) is 18.7. The van der Waals surface area contributed by atoms with Crippen LogP contribution in [0.1, 0.15) is 33.5 Å². The number of nitrogens with zero attached hydrogens (tertiary/aromatic N) is 3. The fourth-order valence-electron chi connectivity index (χ4n) is 2.51. The van der Waals surface area contributed by atoms with E-state index in [4.69, 9.17) is 0 Å². The van der Waals surface area contributed by atoms with Crippen LogP contribution in [0.3, 0.4) is 0 Å². The molecule has 0 saturated heterocycles. The Labute approximate surface area is 125 Å². The van der Waals surface area contributed by atoms with Crippen LogP contribution in [0.25, 0.3) is 11.0 Å². The number of benzene rings is 1. The van der Waals surface area contributed by atoms with Gasteiger partial charge in [-0.25, -0.2) is 4.98 Å². The number of amides is 1. The number of para-hydroxylation sites is 2. The standard InChI is InChI=1S/C16H23N3O2/c1-5-18(6-2)14(20)11-19-13-10-8-7-9-12(13)17-15(19)16(3,4)21/h7-10,21H,5-6,11H2,1-4H3. The van der Waals surface area contributed by atoms with Crippen LogP contribution < -0.4 is 0 Å². The van der Waals surface area contributed by atoms with E-state index in [1.165, 1.54) is 0 Å². The number of fused-ring (bicyclic) bond motifs is 1. The van der Waals surface area contributed by atoms with E-state index in [0.717, 1.165) is 11.0 Å². The van der Waals surface area contributed by atoms with Gasteiger partial charge in [0.2, 0.25) is 5.91 Å².